The number of allylic oxidation sites excluding steroid dienone is 2. The van der Waals surface area contributed by atoms with Crippen LogP contribution in [0.5, 0.6) is 5.75 Å². The van der Waals surface area contributed by atoms with Gasteiger partial charge in [0.25, 0.3) is 5.91 Å². The first-order chi connectivity index (χ1) is 47.2. The standard InChI is InChI=1S/C63H101N5O31/c1-8-9-10-11-12-13-14-15-16-20-88-33-19-17-18-32(21-33)57(85)68-40-46(79)45(78)34(22-69)92-59(40)96-52-35(23-70)93-60(41(48(52)81)65-29(4)74)97-53-36(24-71)94-61(42(49(53)82)66-30(5)75)98-54-37(25-72)95-62(43(50(54)83)67-31(6)76)99-55-38(91-58(86)39(47(55)80)64-28(3)73)26-89-63-56(87-7)51(84)44(77)27(2)90-63/h13-14,17-19,21,27,34-56,58-63,69-72,77-84,86H,8-12,15-16,20,22-26H2,1-7H3,(H,64,73)(H,65,74)(H,66,75)(H,67,76)(H,68,85)/b14-13-/t27?,34?,35-,36?,37-,38?,39-,40-,41?,42-,43?,44?,45+,46?,47+,48?,49?,50?,51-,52+,53?,54+,55?,56+,58?,59-,60?,61-,62?,63+/m0/s1. The molecule has 1 aromatic carbocycles. The van der Waals surface area contributed by atoms with E-state index in [-0.39, 0.29) is 5.56 Å². The summed E-state index contributed by atoms with van der Waals surface area (Å²) in [6, 6.07) is -2.45. The van der Waals surface area contributed by atoms with Crippen LogP contribution < -0.4 is 31.3 Å². The molecular weight excluding hydrogens is 1320 g/mol. The molecule has 6 aliphatic heterocycles. The maximum Gasteiger partial charge on any atom is 0.251 e. The van der Waals surface area contributed by atoms with Crippen LogP contribution in [-0.2, 0) is 76.0 Å². The summed E-state index contributed by atoms with van der Waals surface area (Å²) in [5.41, 5.74) is 0.0482. The number of ether oxygens (including phenoxy) is 13. The molecule has 0 radical (unpaired) electrons. The molecule has 36 heteroatoms. The predicted molar refractivity (Wildman–Crippen MR) is 333 cm³/mol. The van der Waals surface area contributed by atoms with Crippen LogP contribution in [0.25, 0.3) is 0 Å². The van der Waals surface area contributed by atoms with Crippen molar-refractivity contribution < 1.29 is 152 Å². The minimum absolute atomic E-state index is 0.0482. The van der Waals surface area contributed by atoms with Gasteiger partial charge in [-0.25, -0.2) is 0 Å². The number of hydrogen-bond donors (Lipinski definition) is 18. The molecule has 0 saturated carbocycles. The highest BCUT2D eigenvalue weighted by molar-refractivity contribution is 5.94. The largest absolute Gasteiger partial charge is 0.494 e. The van der Waals surface area contributed by atoms with Crippen LogP contribution in [0.15, 0.2) is 36.4 Å². The molecule has 1 aromatic rings. The average molecular weight is 1420 g/mol. The van der Waals surface area contributed by atoms with Gasteiger partial charge in [0, 0.05) is 40.4 Å². The van der Waals surface area contributed by atoms with Crippen molar-refractivity contribution in [1.82, 2.24) is 26.6 Å². The van der Waals surface area contributed by atoms with E-state index in [0.29, 0.717) is 18.8 Å². The van der Waals surface area contributed by atoms with Crippen molar-refractivity contribution in [3.8, 4) is 5.75 Å². The lowest BCUT2D eigenvalue weighted by Gasteiger charge is -2.51. The van der Waals surface area contributed by atoms with E-state index < -0.39 is 246 Å². The van der Waals surface area contributed by atoms with Crippen molar-refractivity contribution in [2.45, 2.75) is 270 Å². The fourth-order valence-corrected chi connectivity index (χ4v) is 12.7. The van der Waals surface area contributed by atoms with Gasteiger partial charge in [0.15, 0.2) is 37.7 Å². The molecule has 0 aliphatic carbocycles. The summed E-state index contributed by atoms with van der Waals surface area (Å²) in [5, 5.41) is 158. The van der Waals surface area contributed by atoms with Crippen LogP contribution in [0.1, 0.15) is 96.8 Å². The summed E-state index contributed by atoms with van der Waals surface area (Å²) in [5.74, 6) is -3.67. The summed E-state index contributed by atoms with van der Waals surface area (Å²) in [6.45, 7) is 3.52. The van der Waals surface area contributed by atoms with Gasteiger partial charge in [-0.2, -0.15) is 0 Å². The Morgan fingerprint density at radius 1 is 0.465 bits per heavy atom. The smallest absolute Gasteiger partial charge is 0.251 e. The summed E-state index contributed by atoms with van der Waals surface area (Å²) in [7, 11) is 1.21. The Kier molecular flexibility index (Phi) is 31.7. The van der Waals surface area contributed by atoms with E-state index in [1.165, 1.54) is 39.0 Å². The highest BCUT2D eigenvalue weighted by Crippen LogP contribution is 2.37. The highest BCUT2D eigenvalue weighted by atomic mass is 16.8. The first kappa shape index (κ1) is 81.4. The molecule has 5 amide bonds. The van der Waals surface area contributed by atoms with Crippen LogP contribution in [-0.4, -0.2) is 327 Å². The Morgan fingerprint density at radius 2 is 0.899 bits per heavy atom. The van der Waals surface area contributed by atoms with E-state index in [4.69, 9.17) is 61.6 Å². The van der Waals surface area contributed by atoms with Crippen LogP contribution in [0.4, 0.5) is 0 Å². The molecule has 16 unspecified atom stereocenters. The zero-order valence-corrected chi connectivity index (χ0v) is 56.1. The van der Waals surface area contributed by atoms with Gasteiger partial charge in [0.1, 0.15) is 146 Å². The Balaban J connectivity index is 1.07. The molecular formula is C63H101N5O31. The molecule has 564 valence electrons. The number of benzene rings is 1. The second-order valence-electron chi connectivity index (χ2n) is 25.3. The Hall–Kier alpha value is -4.89. The van der Waals surface area contributed by atoms with E-state index in [9.17, 15) is 90.4 Å². The topological polar surface area (TPSA) is 528 Å². The van der Waals surface area contributed by atoms with Gasteiger partial charge in [0.05, 0.1) is 45.7 Å². The van der Waals surface area contributed by atoms with Gasteiger partial charge < -0.3 is 155 Å². The van der Waals surface area contributed by atoms with E-state index in [0.717, 1.165) is 53.4 Å². The Morgan fingerprint density at radius 3 is 1.35 bits per heavy atom. The molecule has 6 saturated heterocycles. The number of rotatable bonds is 32. The van der Waals surface area contributed by atoms with Crippen LogP contribution >= 0.6 is 0 Å². The normalized spacial score (nSPS) is 39.6. The molecule has 18 N–H and O–H groups in total. The molecule has 6 aliphatic rings. The van der Waals surface area contributed by atoms with E-state index in [2.05, 4.69) is 45.7 Å². The SMILES string of the molecule is CCCCCC/C=C\CCCOc1cccc(C(=O)N[C@H]2C(O)[C@H](O)C(CO)O[C@H]2O[C@H]2C(O)C(NC(C)=O)C(OC3C(CO)O[C@@H](O[C@H]4C(O)C(NC(C)=O)C(OC5C(CO[C@@H]6OC(C)C(O)[C@H](O)[C@H]6OC)OC(O)[C@@H](NC(C)=O)[C@H]5O)O[C@H]4CO)[C@@H](NC(C)=O)C3O)O[C@H]2CO)c1. The number of carbonyl (C=O) groups is 5. The minimum Gasteiger partial charge on any atom is -0.494 e. The number of carbonyl (C=O) groups excluding carboxylic acids is 5. The first-order valence-electron chi connectivity index (χ1n) is 33.2. The molecule has 0 aromatic heterocycles. The van der Waals surface area contributed by atoms with Crippen molar-refractivity contribution in [3.63, 3.8) is 0 Å². The van der Waals surface area contributed by atoms with Gasteiger partial charge in [-0.15, -0.1) is 0 Å². The number of hydrogen-bond acceptors (Lipinski definition) is 31. The quantitative estimate of drug-likeness (QED) is 0.0235. The number of aliphatic hydroxyl groups is 13. The lowest BCUT2D eigenvalue weighted by Crippen LogP contribution is -2.72. The van der Waals surface area contributed by atoms with Gasteiger partial charge in [0.2, 0.25) is 23.6 Å². The predicted octanol–water partition coefficient (Wildman–Crippen LogP) is -6.72. The van der Waals surface area contributed by atoms with Crippen LogP contribution in [0, 0.1) is 0 Å². The summed E-state index contributed by atoms with van der Waals surface area (Å²) < 4.78 is 77.9. The summed E-state index contributed by atoms with van der Waals surface area (Å²) in [6.07, 6.45) is -32.0. The number of amides is 5. The van der Waals surface area contributed by atoms with E-state index in [1.54, 1.807) is 12.1 Å². The minimum atomic E-state index is -2.07. The second kappa shape index (κ2) is 38.6. The lowest BCUT2D eigenvalue weighted by molar-refractivity contribution is -0.368. The maximum atomic E-state index is 14.0. The Bertz CT molecular complexity index is 2730. The van der Waals surface area contributed by atoms with Crippen molar-refractivity contribution in [1.29, 1.82) is 0 Å². The third kappa shape index (κ3) is 20.9. The zero-order chi connectivity index (χ0) is 72.5. The molecule has 6 fully saturated rings. The van der Waals surface area contributed by atoms with Crippen molar-refractivity contribution >= 4 is 29.5 Å². The molecule has 7 rings (SSSR count). The lowest BCUT2D eigenvalue weighted by atomic mass is 9.93. The van der Waals surface area contributed by atoms with Gasteiger partial charge in [-0.3, -0.25) is 24.0 Å². The molecule has 0 bridgehead atoms. The number of unbranched alkanes of at least 4 members (excludes halogenated alkanes) is 5. The molecule has 6 heterocycles. The van der Waals surface area contributed by atoms with Crippen molar-refractivity contribution in [2.75, 3.05) is 46.8 Å². The zero-order valence-electron chi connectivity index (χ0n) is 56.1. The van der Waals surface area contributed by atoms with Crippen molar-refractivity contribution in [2.24, 2.45) is 0 Å². The average Bonchev–Trinajstić information content (AvgIpc) is 0.767. The van der Waals surface area contributed by atoms with E-state index >= 15 is 0 Å². The fraction of sp³-hybridized carbons (Fsp3) is 0.794. The van der Waals surface area contributed by atoms with Gasteiger partial charge >= 0.3 is 0 Å². The molecule has 0 spiro atoms. The molecule has 30 atom stereocenters. The fourth-order valence-electron chi connectivity index (χ4n) is 12.7. The van der Waals surface area contributed by atoms with Crippen LogP contribution in [0.3, 0.4) is 0 Å². The van der Waals surface area contributed by atoms with Gasteiger partial charge in [-0.05, 0) is 50.8 Å². The number of aliphatic hydroxyl groups excluding tert-OH is 13. The first-order valence-corrected chi connectivity index (χ1v) is 33.2. The molecule has 36 nitrogen and oxygen atoms in total. The van der Waals surface area contributed by atoms with Crippen LogP contribution in [0.2, 0.25) is 0 Å². The second-order valence-corrected chi connectivity index (χ2v) is 25.3. The highest BCUT2D eigenvalue weighted by Gasteiger charge is 2.58. The Labute approximate surface area is 571 Å². The number of methoxy groups -OCH3 is 1. The third-order valence-electron chi connectivity index (χ3n) is 17.8. The molecule has 99 heavy (non-hydrogen) atoms. The summed E-state index contributed by atoms with van der Waals surface area (Å²) >= 11 is 0. The maximum absolute atomic E-state index is 14.0. The van der Waals surface area contributed by atoms with Crippen molar-refractivity contribution in [3.05, 3.63) is 42.0 Å². The summed E-state index contributed by atoms with van der Waals surface area (Å²) in [4.78, 5) is 65.1. The van der Waals surface area contributed by atoms with E-state index in [1.807, 2.05) is 0 Å². The third-order valence-corrected chi connectivity index (χ3v) is 17.8. The van der Waals surface area contributed by atoms with Gasteiger partial charge in [-0.1, -0.05) is 44.4 Å². The number of nitrogens with one attached hydrogen (secondary N) is 5. The monoisotopic (exact) mass is 1420 g/mol.